The Labute approximate surface area is 62.1 Å². The Bertz CT molecular complexity index is 158. The number of aldehydes is 1. The van der Waals surface area contributed by atoms with Crippen molar-refractivity contribution in [2.45, 2.75) is 26.7 Å². The zero-order chi connectivity index (χ0) is 7.56. The molecule has 1 heteroatoms. The number of carbonyl (C=O) groups is 1. The van der Waals surface area contributed by atoms with E-state index in [1.807, 2.05) is 0 Å². The minimum Gasteiger partial charge on any atom is -0.303 e. The summed E-state index contributed by atoms with van der Waals surface area (Å²) in [5, 5.41) is 0. The monoisotopic (exact) mass is 138 g/mol. The Balaban J connectivity index is 2.63. The van der Waals surface area contributed by atoms with Crippen molar-refractivity contribution < 1.29 is 4.79 Å². The van der Waals surface area contributed by atoms with Crippen molar-refractivity contribution in [2.24, 2.45) is 11.8 Å². The fraction of sp³-hybridized carbons (Fsp3) is 0.667. The first-order valence-electron chi connectivity index (χ1n) is 3.86. The van der Waals surface area contributed by atoms with Crippen LogP contribution in [-0.2, 0) is 4.79 Å². The average Bonchev–Trinajstić information content (AvgIpc) is 1.88. The molecule has 0 aromatic carbocycles. The Kier molecular flexibility index (Phi) is 2.25. The summed E-state index contributed by atoms with van der Waals surface area (Å²) < 4.78 is 0. The summed E-state index contributed by atoms with van der Waals surface area (Å²) >= 11 is 0. The Hall–Kier alpha value is -0.590. The van der Waals surface area contributed by atoms with Crippen molar-refractivity contribution in [2.75, 3.05) is 0 Å². The number of allylic oxidation sites excluding steroid dienone is 2. The number of rotatable bonds is 1. The van der Waals surface area contributed by atoms with E-state index in [4.69, 9.17) is 0 Å². The van der Waals surface area contributed by atoms with Gasteiger partial charge in [-0.3, -0.25) is 0 Å². The van der Waals surface area contributed by atoms with E-state index in [0.29, 0.717) is 5.92 Å². The van der Waals surface area contributed by atoms with Gasteiger partial charge in [0.25, 0.3) is 0 Å². The molecule has 0 spiro atoms. The molecule has 1 aliphatic rings. The maximum absolute atomic E-state index is 10.4. The van der Waals surface area contributed by atoms with Gasteiger partial charge in [-0.1, -0.05) is 18.6 Å². The maximum Gasteiger partial charge on any atom is 0.123 e. The topological polar surface area (TPSA) is 17.1 Å². The molecule has 0 N–H and O–H groups in total. The second kappa shape index (κ2) is 3.00. The Morgan fingerprint density at radius 2 is 2.40 bits per heavy atom. The predicted molar refractivity (Wildman–Crippen MR) is 41.7 cm³/mol. The quantitative estimate of drug-likeness (QED) is 0.401. The maximum atomic E-state index is 10.4. The normalized spacial score (nSPS) is 33.2. The lowest BCUT2D eigenvalue weighted by atomic mass is 9.83. The SMILES string of the molecule is CC1=CC(C)[C@@H](C=O)CC1. The molecule has 0 saturated heterocycles. The third kappa shape index (κ3) is 1.47. The molecule has 1 aliphatic carbocycles. The smallest absolute Gasteiger partial charge is 0.123 e. The van der Waals surface area contributed by atoms with E-state index in [1.54, 1.807) is 0 Å². The Morgan fingerprint density at radius 3 is 2.90 bits per heavy atom. The molecule has 0 aliphatic heterocycles. The minimum absolute atomic E-state index is 0.281. The number of hydrogen-bond acceptors (Lipinski definition) is 1. The first kappa shape index (κ1) is 7.52. The molecule has 0 amide bonds. The lowest BCUT2D eigenvalue weighted by Gasteiger charge is -2.21. The van der Waals surface area contributed by atoms with Crippen LogP contribution in [0.25, 0.3) is 0 Å². The van der Waals surface area contributed by atoms with E-state index in [-0.39, 0.29) is 5.92 Å². The molecule has 0 heterocycles. The summed E-state index contributed by atoms with van der Waals surface area (Å²) in [5.74, 6) is 0.745. The molecule has 0 radical (unpaired) electrons. The standard InChI is InChI=1S/C9H14O/c1-7-3-4-9(6-10)8(2)5-7/h5-6,8-9H,3-4H2,1-2H3/t8?,9-/m1/s1. The second-order valence-corrected chi connectivity index (χ2v) is 3.21. The summed E-state index contributed by atoms with van der Waals surface area (Å²) in [7, 11) is 0. The molecule has 1 unspecified atom stereocenters. The van der Waals surface area contributed by atoms with Gasteiger partial charge in [0.1, 0.15) is 6.29 Å². The van der Waals surface area contributed by atoms with Crippen LogP contribution < -0.4 is 0 Å². The van der Waals surface area contributed by atoms with Gasteiger partial charge in [0, 0.05) is 5.92 Å². The van der Waals surface area contributed by atoms with Gasteiger partial charge in [-0.25, -0.2) is 0 Å². The van der Waals surface area contributed by atoms with Gasteiger partial charge in [0.05, 0.1) is 0 Å². The van der Waals surface area contributed by atoms with Crippen LogP contribution in [0.1, 0.15) is 26.7 Å². The van der Waals surface area contributed by atoms with Crippen LogP contribution in [0.4, 0.5) is 0 Å². The van der Waals surface area contributed by atoms with Crippen molar-refractivity contribution in [1.29, 1.82) is 0 Å². The predicted octanol–water partition coefficient (Wildman–Crippen LogP) is 2.18. The fourth-order valence-corrected chi connectivity index (χ4v) is 1.50. The molecule has 0 aromatic rings. The molecule has 0 saturated carbocycles. The highest BCUT2D eigenvalue weighted by atomic mass is 16.1. The van der Waals surface area contributed by atoms with Crippen molar-refractivity contribution in [3.05, 3.63) is 11.6 Å². The summed E-state index contributed by atoms with van der Waals surface area (Å²) in [6, 6.07) is 0. The summed E-state index contributed by atoms with van der Waals surface area (Å²) in [6.45, 7) is 4.25. The summed E-state index contributed by atoms with van der Waals surface area (Å²) in [6.07, 6.45) is 5.46. The van der Waals surface area contributed by atoms with Crippen LogP contribution >= 0.6 is 0 Å². The van der Waals surface area contributed by atoms with Crippen molar-refractivity contribution >= 4 is 6.29 Å². The van der Waals surface area contributed by atoms with E-state index >= 15 is 0 Å². The third-order valence-electron chi connectivity index (χ3n) is 2.27. The van der Waals surface area contributed by atoms with Gasteiger partial charge in [-0.2, -0.15) is 0 Å². The van der Waals surface area contributed by atoms with Crippen LogP contribution in [0, 0.1) is 11.8 Å². The lowest BCUT2D eigenvalue weighted by Crippen LogP contribution is -2.15. The zero-order valence-electron chi connectivity index (χ0n) is 6.63. The molecule has 1 rings (SSSR count). The van der Waals surface area contributed by atoms with E-state index in [0.717, 1.165) is 19.1 Å². The third-order valence-corrected chi connectivity index (χ3v) is 2.27. The van der Waals surface area contributed by atoms with Crippen LogP contribution in [0.2, 0.25) is 0 Å². The lowest BCUT2D eigenvalue weighted by molar-refractivity contribution is -0.112. The molecule has 10 heavy (non-hydrogen) atoms. The van der Waals surface area contributed by atoms with Gasteiger partial charge in [-0.15, -0.1) is 0 Å². The van der Waals surface area contributed by atoms with Crippen molar-refractivity contribution in [1.82, 2.24) is 0 Å². The van der Waals surface area contributed by atoms with Gasteiger partial charge in [-0.05, 0) is 25.7 Å². The number of carbonyl (C=O) groups excluding carboxylic acids is 1. The van der Waals surface area contributed by atoms with E-state index in [9.17, 15) is 4.79 Å². The van der Waals surface area contributed by atoms with E-state index < -0.39 is 0 Å². The van der Waals surface area contributed by atoms with Crippen molar-refractivity contribution in [3.8, 4) is 0 Å². The van der Waals surface area contributed by atoms with Crippen molar-refractivity contribution in [3.63, 3.8) is 0 Å². The van der Waals surface area contributed by atoms with Gasteiger partial charge in [0.2, 0.25) is 0 Å². The Morgan fingerprint density at radius 1 is 1.70 bits per heavy atom. The summed E-state index contributed by atoms with van der Waals surface area (Å²) in [5.41, 5.74) is 1.44. The largest absolute Gasteiger partial charge is 0.303 e. The molecule has 0 aromatic heterocycles. The molecule has 1 nitrogen and oxygen atoms in total. The molecular formula is C9H14O. The first-order chi connectivity index (χ1) is 4.74. The van der Waals surface area contributed by atoms with Gasteiger partial charge in [0.15, 0.2) is 0 Å². The van der Waals surface area contributed by atoms with Gasteiger partial charge < -0.3 is 4.79 Å². The van der Waals surface area contributed by atoms with Crippen LogP contribution in [0.3, 0.4) is 0 Å². The first-order valence-corrected chi connectivity index (χ1v) is 3.86. The average molecular weight is 138 g/mol. The minimum atomic E-state index is 0.281. The second-order valence-electron chi connectivity index (χ2n) is 3.21. The van der Waals surface area contributed by atoms with Crippen LogP contribution in [0.5, 0.6) is 0 Å². The molecular weight excluding hydrogens is 124 g/mol. The molecule has 56 valence electrons. The molecule has 0 fully saturated rings. The molecule has 2 atom stereocenters. The summed E-state index contributed by atoms with van der Waals surface area (Å²) in [4.78, 5) is 10.4. The zero-order valence-corrected chi connectivity index (χ0v) is 6.63. The van der Waals surface area contributed by atoms with E-state index in [1.165, 1.54) is 5.57 Å². The van der Waals surface area contributed by atoms with E-state index in [2.05, 4.69) is 19.9 Å². The van der Waals surface area contributed by atoms with Crippen LogP contribution in [0.15, 0.2) is 11.6 Å². The highest BCUT2D eigenvalue weighted by Gasteiger charge is 2.18. The molecule has 0 bridgehead atoms. The highest BCUT2D eigenvalue weighted by molar-refractivity contribution is 5.55. The van der Waals surface area contributed by atoms with Crippen LogP contribution in [-0.4, -0.2) is 6.29 Å². The highest BCUT2D eigenvalue weighted by Crippen LogP contribution is 2.26. The fourth-order valence-electron chi connectivity index (χ4n) is 1.50. The number of hydrogen-bond donors (Lipinski definition) is 0. The van der Waals surface area contributed by atoms with Gasteiger partial charge >= 0.3 is 0 Å².